The van der Waals surface area contributed by atoms with Crippen molar-refractivity contribution in [2.75, 3.05) is 41.3 Å². The third-order valence-corrected chi connectivity index (χ3v) is 4.79. The van der Waals surface area contributed by atoms with E-state index in [9.17, 15) is 14.4 Å². The molecule has 1 aliphatic heterocycles. The number of amides is 1. The zero-order valence-electron chi connectivity index (χ0n) is 15.3. The second-order valence-electron chi connectivity index (χ2n) is 6.50. The standard InChI is InChI=1S/C18H18N6O5/c25-15-13(19-10-12-2-1-7-29-12)14(16(15)26)23-3-5-24(6-4-23)18-20-8-11(9-21-18)17(27)22-28/h1-2,7-9,19,28H,3-6,10H2,(H,22,27). The highest BCUT2D eigenvalue weighted by Gasteiger charge is 2.29. The number of piperazine rings is 1. The lowest BCUT2D eigenvalue weighted by molar-refractivity contribution is 0.0705. The number of hydroxylamine groups is 1. The van der Waals surface area contributed by atoms with Crippen molar-refractivity contribution in [1.29, 1.82) is 0 Å². The van der Waals surface area contributed by atoms with Crippen molar-refractivity contribution in [3.8, 4) is 0 Å². The van der Waals surface area contributed by atoms with Gasteiger partial charge < -0.3 is 19.5 Å². The lowest BCUT2D eigenvalue weighted by Crippen LogP contribution is -2.52. The lowest BCUT2D eigenvalue weighted by atomic mass is 10.1. The summed E-state index contributed by atoms with van der Waals surface area (Å²) < 4.78 is 5.23. The normalized spacial score (nSPS) is 14.2. The Kier molecular flexibility index (Phi) is 4.96. The van der Waals surface area contributed by atoms with Crippen LogP contribution in [0.25, 0.3) is 0 Å². The first kappa shape index (κ1) is 18.6. The molecule has 0 atom stereocenters. The molecule has 2 aromatic heterocycles. The van der Waals surface area contributed by atoms with Crippen molar-refractivity contribution in [2.24, 2.45) is 0 Å². The van der Waals surface area contributed by atoms with Crippen LogP contribution in [0.4, 0.5) is 17.3 Å². The summed E-state index contributed by atoms with van der Waals surface area (Å²) in [6, 6.07) is 3.54. The molecule has 1 aromatic carbocycles. The zero-order chi connectivity index (χ0) is 20.4. The molecule has 0 spiro atoms. The predicted octanol–water partition coefficient (Wildman–Crippen LogP) is -0.277. The van der Waals surface area contributed by atoms with E-state index in [4.69, 9.17) is 9.62 Å². The number of nitrogens with zero attached hydrogens (tertiary/aromatic N) is 4. The van der Waals surface area contributed by atoms with E-state index in [1.54, 1.807) is 18.4 Å². The number of hydrogen-bond donors (Lipinski definition) is 3. The van der Waals surface area contributed by atoms with Gasteiger partial charge in [-0.05, 0) is 12.1 Å². The molecule has 4 rings (SSSR count). The molecule has 1 fully saturated rings. The van der Waals surface area contributed by atoms with Crippen LogP contribution in [0.3, 0.4) is 0 Å². The number of hydrogen-bond acceptors (Lipinski definition) is 10. The maximum atomic E-state index is 12.1. The highest BCUT2D eigenvalue weighted by molar-refractivity contribution is 5.92. The van der Waals surface area contributed by atoms with E-state index in [0.717, 1.165) is 0 Å². The molecule has 11 nitrogen and oxygen atoms in total. The third-order valence-electron chi connectivity index (χ3n) is 4.79. The van der Waals surface area contributed by atoms with Gasteiger partial charge in [-0.3, -0.25) is 19.6 Å². The van der Waals surface area contributed by atoms with Crippen LogP contribution in [-0.2, 0) is 6.54 Å². The number of carbonyl (C=O) groups excluding carboxylic acids is 1. The molecule has 0 saturated carbocycles. The van der Waals surface area contributed by atoms with Crippen molar-refractivity contribution in [1.82, 2.24) is 15.4 Å². The number of aromatic nitrogens is 2. The Bertz CT molecular complexity index is 1060. The van der Waals surface area contributed by atoms with Gasteiger partial charge in [0, 0.05) is 38.6 Å². The molecule has 1 saturated heterocycles. The second-order valence-corrected chi connectivity index (χ2v) is 6.50. The fourth-order valence-electron chi connectivity index (χ4n) is 3.23. The Morgan fingerprint density at radius 3 is 2.41 bits per heavy atom. The number of anilines is 3. The van der Waals surface area contributed by atoms with Gasteiger partial charge in [0.15, 0.2) is 0 Å². The minimum Gasteiger partial charge on any atom is -0.467 e. The molecule has 1 amide bonds. The van der Waals surface area contributed by atoms with Crippen LogP contribution in [0.2, 0.25) is 0 Å². The maximum absolute atomic E-state index is 12.1. The average molecular weight is 398 g/mol. The van der Waals surface area contributed by atoms with Gasteiger partial charge in [-0.1, -0.05) is 0 Å². The first-order valence-electron chi connectivity index (χ1n) is 8.94. The summed E-state index contributed by atoms with van der Waals surface area (Å²) in [6.45, 7) is 2.45. The van der Waals surface area contributed by atoms with E-state index < -0.39 is 16.8 Å². The van der Waals surface area contributed by atoms with E-state index in [0.29, 0.717) is 55.8 Å². The highest BCUT2D eigenvalue weighted by Crippen LogP contribution is 2.23. The van der Waals surface area contributed by atoms with Crippen LogP contribution < -0.4 is 31.5 Å². The molecule has 0 aliphatic carbocycles. The zero-order valence-corrected chi connectivity index (χ0v) is 15.3. The maximum Gasteiger partial charge on any atom is 0.277 e. The Morgan fingerprint density at radius 1 is 1.10 bits per heavy atom. The van der Waals surface area contributed by atoms with Crippen LogP contribution in [0, 0.1) is 0 Å². The van der Waals surface area contributed by atoms with Gasteiger partial charge in [-0.15, -0.1) is 0 Å². The summed E-state index contributed by atoms with van der Waals surface area (Å²) in [5.41, 5.74) is 1.38. The van der Waals surface area contributed by atoms with Crippen molar-refractivity contribution in [3.05, 3.63) is 62.6 Å². The number of rotatable bonds is 6. The van der Waals surface area contributed by atoms with Crippen LogP contribution in [0.15, 0.2) is 44.8 Å². The average Bonchev–Trinajstić information content (AvgIpc) is 3.29. The summed E-state index contributed by atoms with van der Waals surface area (Å²) in [6.07, 6.45) is 4.20. The number of nitrogens with one attached hydrogen (secondary N) is 2. The van der Waals surface area contributed by atoms with Crippen LogP contribution in [-0.4, -0.2) is 47.3 Å². The molecule has 0 bridgehead atoms. The molecule has 3 N–H and O–H groups in total. The fourth-order valence-corrected chi connectivity index (χ4v) is 3.23. The van der Waals surface area contributed by atoms with E-state index >= 15 is 0 Å². The van der Waals surface area contributed by atoms with Crippen molar-refractivity contribution >= 4 is 23.2 Å². The first-order chi connectivity index (χ1) is 14.1. The smallest absolute Gasteiger partial charge is 0.277 e. The fraction of sp³-hybridized carbons (Fsp3) is 0.278. The van der Waals surface area contributed by atoms with Crippen molar-refractivity contribution in [2.45, 2.75) is 6.54 Å². The van der Waals surface area contributed by atoms with E-state index in [1.165, 1.54) is 17.9 Å². The summed E-state index contributed by atoms with van der Waals surface area (Å²) in [7, 11) is 0. The molecule has 150 valence electrons. The monoisotopic (exact) mass is 398 g/mol. The summed E-state index contributed by atoms with van der Waals surface area (Å²) >= 11 is 0. The summed E-state index contributed by atoms with van der Waals surface area (Å²) in [5, 5.41) is 11.6. The first-order valence-corrected chi connectivity index (χ1v) is 8.94. The molecular formula is C18H18N6O5. The number of furan rings is 1. The van der Waals surface area contributed by atoms with Gasteiger partial charge in [-0.25, -0.2) is 15.4 Å². The molecule has 11 heteroatoms. The van der Waals surface area contributed by atoms with Gasteiger partial charge in [0.25, 0.3) is 16.8 Å². The Hall–Kier alpha value is -3.73. The molecule has 3 heterocycles. The topological polar surface area (TPSA) is 141 Å². The van der Waals surface area contributed by atoms with Crippen LogP contribution in [0.5, 0.6) is 0 Å². The van der Waals surface area contributed by atoms with Gasteiger partial charge in [-0.2, -0.15) is 0 Å². The third kappa shape index (κ3) is 3.55. The van der Waals surface area contributed by atoms with Gasteiger partial charge in [0.2, 0.25) is 5.95 Å². The van der Waals surface area contributed by atoms with E-state index in [2.05, 4.69) is 15.3 Å². The van der Waals surface area contributed by atoms with Crippen molar-refractivity contribution in [3.63, 3.8) is 0 Å². The molecule has 1 aliphatic rings. The molecule has 0 radical (unpaired) electrons. The predicted molar refractivity (Wildman–Crippen MR) is 103 cm³/mol. The second kappa shape index (κ2) is 7.72. The van der Waals surface area contributed by atoms with E-state index in [-0.39, 0.29) is 5.56 Å². The Labute approximate surface area is 164 Å². The summed E-state index contributed by atoms with van der Waals surface area (Å²) in [5.74, 6) is 0.431. The quantitative estimate of drug-likeness (QED) is 0.288. The Balaban J connectivity index is 1.40. The van der Waals surface area contributed by atoms with Gasteiger partial charge in [0.05, 0.1) is 18.4 Å². The Morgan fingerprint density at radius 2 is 1.79 bits per heavy atom. The van der Waals surface area contributed by atoms with Crippen LogP contribution in [0.1, 0.15) is 16.1 Å². The molecular weight excluding hydrogens is 380 g/mol. The van der Waals surface area contributed by atoms with Crippen molar-refractivity contribution < 1.29 is 14.4 Å². The van der Waals surface area contributed by atoms with Crippen LogP contribution >= 0.6 is 0 Å². The number of carbonyl (C=O) groups is 1. The minimum atomic E-state index is -0.684. The SMILES string of the molecule is O=C(NO)c1cnc(N2CCN(c3c(NCc4ccco4)c(=O)c3=O)CC2)nc1. The molecule has 0 unspecified atom stereocenters. The molecule has 3 aromatic rings. The largest absolute Gasteiger partial charge is 0.467 e. The van der Waals surface area contributed by atoms with Gasteiger partial charge >= 0.3 is 0 Å². The van der Waals surface area contributed by atoms with E-state index in [1.807, 2.05) is 9.80 Å². The molecule has 29 heavy (non-hydrogen) atoms. The highest BCUT2D eigenvalue weighted by atomic mass is 16.5. The van der Waals surface area contributed by atoms with Gasteiger partial charge in [0.1, 0.15) is 17.1 Å². The lowest BCUT2D eigenvalue weighted by Gasteiger charge is -2.37. The summed E-state index contributed by atoms with van der Waals surface area (Å²) in [4.78, 5) is 47.5. The minimum absolute atomic E-state index is 0.144.